The average molecular weight is 260 g/mol. The third kappa shape index (κ3) is 61.4. The van der Waals surface area contributed by atoms with E-state index in [0.717, 1.165) is 6.92 Å². The summed E-state index contributed by atoms with van der Waals surface area (Å²) in [6.07, 6.45) is 0. The van der Waals surface area contributed by atoms with Gasteiger partial charge in [0.25, 0.3) is 5.97 Å². The van der Waals surface area contributed by atoms with Crippen molar-refractivity contribution in [2.24, 2.45) is 0 Å². The van der Waals surface area contributed by atoms with E-state index in [0.29, 0.717) is 0 Å². The van der Waals surface area contributed by atoms with Gasteiger partial charge in [-0.1, -0.05) is 0 Å². The number of carbonyl (C=O) groups is 1. The number of carboxylic acids is 1. The Kier molecular flexibility index (Phi) is 51.3. The minimum absolute atomic E-state index is 0. The van der Waals surface area contributed by atoms with E-state index in [-0.39, 0.29) is 95.1 Å². The Bertz CT molecular complexity index is 47.5. The topological polar surface area (TPSA) is 37.3 Å². The molecule has 0 aromatic rings. The molecule has 0 aliphatic carbocycles. The number of hydrogen-bond donors (Lipinski definition) is 1. The first-order valence-corrected chi connectivity index (χ1v) is 0.928. The SMILES string of the molecule is CC(=O)O.Cl.[Ba+2].[H-].[H-].[H-].[Na+]. The normalized spacial score (nSPS) is 3.57. The summed E-state index contributed by atoms with van der Waals surface area (Å²) < 4.78 is 0. The molecule has 0 saturated heterocycles. The van der Waals surface area contributed by atoms with Crippen LogP contribution in [0.2, 0.25) is 0 Å². The quantitative estimate of drug-likeness (QED) is 0.488. The summed E-state index contributed by atoms with van der Waals surface area (Å²) in [4.78, 5) is 9.00. The van der Waals surface area contributed by atoms with Gasteiger partial charge in [-0.05, 0) is 0 Å². The molecule has 2 nitrogen and oxygen atoms in total. The van der Waals surface area contributed by atoms with E-state index in [4.69, 9.17) is 9.90 Å². The molecule has 0 spiro atoms. The molecule has 0 aliphatic rings. The smallest absolute Gasteiger partial charge is 1.00 e. The summed E-state index contributed by atoms with van der Waals surface area (Å²) in [5, 5.41) is 7.42. The van der Waals surface area contributed by atoms with Gasteiger partial charge in [0.05, 0.1) is 0 Å². The van der Waals surface area contributed by atoms with Crippen LogP contribution in [0.25, 0.3) is 0 Å². The third-order valence-corrected chi connectivity index (χ3v) is 0. The molecule has 7 heavy (non-hydrogen) atoms. The van der Waals surface area contributed by atoms with Crippen molar-refractivity contribution in [1.29, 1.82) is 0 Å². The van der Waals surface area contributed by atoms with Crippen LogP contribution in [-0.2, 0) is 4.79 Å². The predicted octanol–water partition coefficient (Wildman–Crippen LogP) is -2.53. The monoisotopic (exact) mass is 260 g/mol. The first kappa shape index (κ1) is 22.8. The van der Waals surface area contributed by atoms with Gasteiger partial charge in [-0.25, -0.2) is 0 Å². The Morgan fingerprint density at radius 2 is 1.71 bits per heavy atom. The van der Waals surface area contributed by atoms with Crippen molar-refractivity contribution in [3.8, 4) is 0 Å². The molecule has 0 aromatic heterocycles. The van der Waals surface area contributed by atoms with E-state index in [1.807, 2.05) is 0 Å². The van der Waals surface area contributed by atoms with E-state index in [9.17, 15) is 0 Å². The van der Waals surface area contributed by atoms with Crippen LogP contribution in [0, 0.1) is 0 Å². The minimum atomic E-state index is -0.833. The van der Waals surface area contributed by atoms with E-state index in [2.05, 4.69) is 0 Å². The molecule has 0 heterocycles. The van der Waals surface area contributed by atoms with E-state index < -0.39 is 5.97 Å². The zero-order valence-electron chi connectivity index (χ0n) is 7.47. The fourth-order valence-corrected chi connectivity index (χ4v) is 0. The number of hydrogen-bond acceptors (Lipinski definition) is 1. The second-order valence-electron chi connectivity index (χ2n) is 0.519. The molecule has 5 heteroatoms. The molecule has 0 radical (unpaired) electrons. The second kappa shape index (κ2) is 15.8. The van der Waals surface area contributed by atoms with Crippen molar-refractivity contribution in [3.05, 3.63) is 0 Å². The predicted molar refractivity (Wildman–Crippen MR) is 29.6 cm³/mol. The maximum absolute atomic E-state index is 9.00. The second-order valence-corrected chi connectivity index (χ2v) is 0.519. The molecule has 0 unspecified atom stereocenters. The summed E-state index contributed by atoms with van der Waals surface area (Å²) >= 11 is 0. The van der Waals surface area contributed by atoms with Crippen molar-refractivity contribution >= 4 is 67.3 Å². The van der Waals surface area contributed by atoms with E-state index in [1.54, 1.807) is 0 Å². The number of halogens is 1. The molecule has 0 aliphatic heterocycles. The summed E-state index contributed by atoms with van der Waals surface area (Å²) in [7, 11) is 0. The summed E-state index contributed by atoms with van der Waals surface area (Å²) in [5.41, 5.74) is 0. The summed E-state index contributed by atoms with van der Waals surface area (Å²) in [6.45, 7) is 1.08. The first-order chi connectivity index (χ1) is 1.73. The average Bonchev–Trinajstić information content (AvgIpc) is 0.811. The number of carboxylic acid groups (broad SMARTS) is 1. The van der Waals surface area contributed by atoms with Crippen LogP contribution in [0.1, 0.15) is 11.2 Å². The summed E-state index contributed by atoms with van der Waals surface area (Å²) in [6, 6.07) is 0. The Balaban J connectivity index is -0.00000000300. The molecular weight excluding hydrogens is 252 g/mol. The molecule has 0 atom stereocenters. The van der Waals surface area contributed by atoms with Gasteiger partial charge in [0, 0.05) is 6.92 Å². The van der Waals surface area contributed by atoms with Crippen molar-refractivity contribution < 1.29 is 43.7 Å². The molecular formula is C2H8BaClNaO2. The van der Waals surface area contributed by atoms with Gasteiger partial charge in [0.1, 0.15) is 0 Å². The first-order valence-electron chi connectivity index (χ1n) is 0.928. The molecule has 0 aromatic carbocycles. The Hall–Kier alpha value is 2.33. The van der Waals surface area contributed by atoms with Gasteiger partial charge >= 0.3 is 78.4 Å². The van der Waals surface area contributed by atoms with Gasteiger partial charge in [-0.3, -0.25) is 4.79 Å². The molecule has 0 saturated carbocycles. The van der Waals surface area contributed by atoms with Crippen LogP contribution in [-0.4, -0.2) is 60.0 Å². The maximum atomic E-state index is 9.00. The number of rotatable bonds is 0. The molecule has 38 valence electrons. The standard InChI is InChI=1S/C2H4O2.Ba.ClH.Na.3H/c1-2(3)4;;;;;;/h1H3,(H,3,4);;1H;;;;/q;+2;;+1;3*-1. The van der Waals surface area contributed by atoms with Crippen molar-refractivity contribution in [2.45, 2.75) is 6.92 Å². The fourth-order valence-electron chi connectivity index (χ4n) is 0. The van der Waals surface area contributed by atoms with Crippen LogP contribution in [0.3, 0.4) is 0 Å². The molecule has 0 rings (SSSR count). The molecule has 0 fully saturated rings. The van der Waals surface area contributed by atoms with Gasteiger partial charge in [0.2, 0.25) is 0 Å². The zero-order chi connectivity index (χ0) is 3.58. The largest absolute Gasteiger partial charge is 2.00 e. The Morgan fingerprint density at radius 1 is 1.71 bits per heavy atom. The van der Waals surface area contributed by atoms with Crippen molar-refractivity contribution in [1.82, 2.24) is 0 Å². The fraction of sp³-hybridized carbons (Fsp3) is 0.500. The van der Waals surface area contributed by atoms with Crippen LogP contribution < -0.4 is 29.6 Å². The van der Waals surface area contributed by atoms with Crippen LogP contribution in [0.4, 0.5) is 0 Å². The summed E-state index contributed by atoms with van der Waals surface area (Å²) in [5.74, 6) is -0.833. The van der Waals surface area contributed by atoms with Gasteiger partial charge in [0.15, 0.2) is 0 Å². The van der Waals surface area contributed by atoms with Crippen LogP contribution >= 0.6 is 12.4 Å². The molecule has 0 bridgehead atoms. The van der Waals surface area contributed by atoms with Crippen LogP contribution in [0.15, 0.2) is 0 Å². The maximum Gasteiger partial charge on any atom is 2.00 e. The molecule has 0 amide bonds. The van der Waals surface area contributed by atoms with E-state index >= 15 is 0 Å². The Labute approximate surface area is 116 Å². The number of aliphatic carboxylic acids is 1. The van der Waals surface area contributed by atoms with Crippen molar-refractivity contribution in [2.75, 3.05) is 0 Å². The van der Waals surface area contributed by atoms with Gasteiger partial charge < -0.3 is 9.39 Å². The molecule has 1 N–H and O–H groups in total. The Morgan fingerprint density at radius 3 is 1.71 bits per heavy atom. The van der Waals surface area contributed by atoms with Crippen LogP contribution in [0.5, 0.6) is 0 Å². The van der Waals surface area contributed by atoms with E-state index in [1.165, 1.54) is 0 Å². The van der Waals surface area contributed by atoms with Gasteiger partial charge in [-0.15, -0.1) is 12.4 Å². The minimum Gasteiger partial charge on any atom is -1.00 e. The van der Waals surface area contributed by atoms with Gasteiger partial charge in [-0.2, -0.15) is 0 Å². The zero-order valence-corrected chi connectivity index (χ0v) is 11.7. The van der Waals surface area contributed by atoms with Crippen molar-refractivity contribution in [3.63, 3.8) is 0 Å². The third-order valence-electron chi connectivity index (χ3n) is 0.